The molecule has 0 aromatic heterocycles. The topological polar surface area (TPSA) is 35.2 Å². The van der Waals surface area contributed by atoms with Crippen molar-refractivity contribution >= 4 is 0 Å². The molecule has 2 aromatic carbocycles. The Hall–Kier alpha value is -1.80. The van der Waals surface area contributed by atoms with E-state index in [2.05, 4.69) is 12.1 Å². The van der Waals surface area contributed by atoms with Gasteiger partial charge < -0.3 is 10.5 Å². The zero-order chi connectivity index (χ0) is 13.9. The third-order valence-electron chi connectivity index (χ3n) is 3.20. The first-order chi connectivity index (χ1) is 9.00. The monoisotopic (exact) mass is 255 g/mol. The van der Waals surface area contributed by atoms with Crippen LogP contribution in [0.3, 0.4) is 0 Å². The van der Waals surface area contributed by atoms with Crippen LogP contribution in [0, 0.1) is 0 Å². The summed E-state index contributed by atoms with van der Waals surface area (Å²) in [6, 6.07) is 18.1. The van der Waals surface area contributed by atoms with Gasteiger partial charge in [0, 0.05) is 0 Å². The predicted octanol–water partition coefficient (Wildman–Crippen LogP) is 3.70. The van der Waals surface area contributed by atoms with Crippen molar-refractivity contribution in [2.45, 2.75) is 32.4 Å². The third-order valence-corrected chi connectivity index (χ3v) is 3.20. The SMILES string of the molecule is CC(C)Oc1ccc(C(C)(N)c2ccccc2)cc1. The minimum absolute atomic E-state index is 0.184. The highest BCUT2D eigenvalue weighted by atomic mass is 16.5. The second-order valence-electron chi connectivity index (χ2n) is 5.26. The van der Waals surface area contributed by atoms with Crippen LogP contribution in [0.4, 0.5) is 0 Å². The number of hydrogen-bond donors (Lipinski definition) is 1. The van der Waals surface area contributed by atoms with Crippen molar-refractivity contribution in [1.82, 2.24) is 0 Å². The van der Waals surface area contributed by atoms with Crippen LogP contribution < -0.4 is 10.5 Å². The van der Waals surface area contributed by atoms with Crippen LogP contribution in [0.5, 0.6) is 5.75 Å². The zero-order valence-electron chi connectivity index (χ0n) is 11.8. The molecule has 1 unspecified atom stereocenters. The predicted molar refractivity (Wildman–Crippen MR) is 79.3 cm³/mol. The van der Waals surface area contributed by atoms with Gasteiger partial charge in [-0.15, -0.1) is 0 Å². The number of ether oxygens (including phenoxy) is 1. The molecule has 0 aliphatic rings. The third kappa shape index (κ3) is 3.15. The summed E-state index contributed by atoms with van der Waals surface area (Å²) < 4.78 is 5.65. The van der Waals surface area contributed by atoms with Gasteiger partial charge in [-0.3, -0.25) is 0 Å². The van der Waals surface area contributed by atoms with Crippen LogP contribution in [-0.4, -0.2) is 6.10 Å². The van der Waals surface area contributed by atoms with Gasteiger partial charge in [0.1, 0.15) is 5.75 Å². The fraction of sp³-hybridized carbons (Fsp3) is 0.294. The molecular weight excluding hydrogens is 234 g/mol. The molecule has 0 spiro atoms. The summed E-state index contributed by atoms with van der Waals surface area (Å²) in [5.41, 5.74) is 8.16. The van der Waals surface area contributed by atoms with Crippen LogP contribution >= 0.6 is 0 Å². The Kier molecular flexibility index (Phi) is 3.91. The van der Waals surface area contributed by atoms with E-state index in [-0.39, 0.29) is 6.10 Å². The molecule has 0 fully saturated rings. The first kappa shape index (κ1) is 13.6. The first-order valence-electron chi connectivity index (χ1n) is 6.62. The molecule has 0 radical (unpaired) electrons. The zero-order valence-corrected chi connectivity index (χ0v) is 11.8. The van der Waals surface area contributed by atoms with Gasteiger partial charge >= 0.3 is 0 Å². The van der Waals surface area contributed by atoms with Crippen LogP contribution in [0.25, 0.3) is 0 Å². The standard InChI is InChI=1S/C17H21NO/c1-13(2)19-16-11-9-15(10-12-16)17(3,18)14-7-5-4-6-8-14/h4-13H,18H2,1-3H3. The quantitative estimate of drug-likeness (QED) is 0.904. The van der Waals surface area contributed by atoms with Crippen molar-refractivity contribution in [1.29, 1.82) is 0 Å². The van der Waals surface area contributed by atoms with E-state index >= 15 is 0 Å². The molecule has 19 heavy (non-hydrogen) atoms. The van der Waals surface area contributed by atoms with Gasteiger partial charge in [-0.2, -0.15) is 0 Å². The second kappa shape index (κ2) is 5.45. The molecule has 2 rings (SSSR count). The van der Waals surface area contributed by atoms with E-state index in [9.17, 15) is 0 Å². The minimum Gasteiger partial charge on any atom is -0.491 e. The molecule has 0 amide bonds. The average Bonchev–Trinajstić information content (AvgIpc) is 2.40. The maximum absolute atomic E-state index is 6.47. The molecule has 0 saturated heterocycles. The van der Waals surface area contributed by atoms with Crippen molar-refractivity contribution in [3.8, 4) is 5.75 Å². The molecule has 0 aliphatic carbocycles. The summed E-state index contributed by atoms with van der Waals surface area (Å²) in [6.07, 6.45) is 0.184. The van der Waals surface area contributed by atoms with E-state index < -0.39 is 5.54 Å². The van der Waals surface area contributed by atoms with Crippen molar-refractivity contribution in [2.75, 3.05) is 0 Å². The van der Waals surface area contributed by atoms with Gasteiger partial charge in [0.2, 0.25) is 0 Å². The summed E-state index contributed by atoms with van der Waals surface area (Å²) >= 11 is 0. The van der Waals surface area contributed by atoms with Gasteiger partial charge in [0.25, 0.3) is 0 Å². The molecule has 100 valence electrons. The summed E-state index contributed by atoms with van der Waals surface area (Å²) in [7, 11) is 0. The van der Waals surface area contributed by atoms with Gasteiger partial charge in [0.05, 0.1) is 11.6 Å². The molecule has 2 N–H and O–H groups in total. The fourth-order valence-corrected chi connectivity index (χ4v) is 2.10. The summed E-state index contributed by atoms with van der Waals surface area (Å²) in [5, 5.41) is 0. The lowest BCUT2D eigenvalue weighted by atomic mass is 9.86. The molecule has 0 saturated carbocycles. The van der Waals surface area contributed by atoms with E-state index in [1.807, 2.05) is 63.2 Å². The average molecular weight is 255 g/mol. The molecule has 2 nitrogen and oxygen atoms in total. The second-order valence-corrected chi connectivity index (χ2v) is 5.26. The Bertz CT molecular complexity index is 515. The van der Waals surface area contributed by atoms with Crippen molar-refractivity contribution in [3.63, 3.8) is 0 Å². The molecule has 0 bridgehead atoms. The lowest BCUT2D eigenvalue weighted by Gasteiger charge is -2.26. The largest absolute Gasteiger partial charge is 0.491 e. The number of benzene rings is 2. The maximum atomic E-state index is 6.47. The fourth-order valence-electron chi connectivity index (χ4n) is 2.10. The first-order valence-corrected chi connectivity index (χ1v) is 6.62. The number of rotatable bonds is 4. The van der Waals surface area contributed by atoms with E-state index in [0.717, 1.165) is 16.9 Å². The molecule has 0 aliphatic heterocycles. The van der Waals surface area contributed by atoms with E-state index in [1.165, 1.54) is 0 Å². The lowest BCUT2D eigenvalue weighted by molar-refractivity contribution is 0.242. The molecule has 2 heteroatoms. The number of hydrogen-bond acceptors (Lipinski definition) is 2. The van der Waals surface area contributed by atoms with Crippen molar-refractivity contribution < 1.29 is 4.74 Å². The van der Waals surface area contributed by atoms with E-state index in [0.29, 0.717) is 0 Å². The highest BCUT2D eigenvalue weighted by molar-refractivity contribution is 5.39. The van der Waals surface area contributed by atoms with Gasteiger partial charge in [-0.05, 0) is 44.0 Å². The summed E-state index contributed by atoms with van der Waals surface area (Å²) in [4.78, 5) is 0. The molecular formula is C17H21NO. The number of nitrogens with two attached hydrogens (primary N) is 1. The van der Waals surface area contributed by atoms with E-state index in [1.54, 1.807) is 0 Å². The summed E-state index contributed by atoms with van der Waals surface area (Å²) in [5.74, 6) is 0.877. The smallest absolute Gasteiger partial charge is 0.119 e. The van der Waals surface area contributed by atoms with Crippen LogP contribution in [0.15, 0.2) is 54.6 Å². The highest BCUT2D eigenvalue weighted by Crippen LogP contribution is 2.27. The molecule has 1 atom stereocenters. The Balaban J connectivity index is 2.26. The van der Waals surface area contributed by atoms with Crippen LogP contribution in [0.1, 0.15) is 31.9 Å². The Morgan fingerprint density at radius 2 is 1.42 bits per heavy atom. The summed E-state index contributed by atoms with van der Waals surface area (Å²) in [6.45, 7) is 6.07. The minimum atomic E-state index is -0.488. The molecule has 0 heterocycles. The van der Waals surface area contributed by atoms with E-state index in [4.69, 9.17) is 10.5 Å². The van der Waals surface area contributed by atoms with Gasteiger partial charge in [-0.25, -0.2) is 0 Å². The van der Waals surface area contributed by atoms with Crippen LogP contribution in [-0.2, 0) is 5.54 Å². The maximum Gasteiger partial charge on any atom is 0.119 e. The van der Waals surface area contributed by atoms with Crippen molar-refractivity contribution in [3.05, 3.63) is 65.7 Å². The lowest BCUT2D eigenvalue weighted by Crippen LogP contribution is -2.34. The molecule has 2 aromatic rings. The highest BCUT2D eigenvalue weighted by Gasteiger charge is 2.23. The van der Waals surface area contributed by atoms with Crippen molar-refractivity contribution in [2.24, 2.45) is 5.73 Å². The van der Waals surface area contributed by atoms with Crippen LogP contribution in [0.2, 0.25) is 0 Å². The Morgan fingerprint density at radius 3 is 1.95 bits per heavy atom. The normalized spacial score (nSPS) is 14.2. The van der Waals surface area contributed by atoms with Gasteiger partial charge in [0.15, 0.2) is 0 Å². The Labute approximate surface area is 115 Å². The van der Waals surface area contributed by atoms with Gasteiger partial charge in [-0.1, -0.05) is 42.5 Å². The Morgan fingerprint density at radius 1 is 0.895 bits per heavy atom.